The Morgan fingerprint density at radius 1 is 1.31 bits per heavy atom. The van der Waals surface area contributed by atoms with Crippen LogP contribution in [0.15, 0.2) is 27.7 Å². The molecule has 136 valence electrons. The van der Waals surface area contributed by atoms with E-state index in [1.165, 1.54) is 0 Å². The number of nitrogens with zero attached hydrogens (tertiary/aromatic N) is 1. The van der Waals surface area contributed by atoms with Crippen molar-refractivity contribution in [1.29, 1.82) is 0 Å². The molecule has 0 spiro atoms. The number of thiophene rings is 1. The number of aromatic amines is 1. The van der Waals surface area contributed by atoms with Gasteiger partial charge in [-0.3, -0.25) is 9.59 Å². The lowest BCUT2D eigenvalue weighted by Crippen LogP contribution is -2.34. The van der Waals surface area contributed by atoms with Crippen molar-refractivity contribution in [2.75, 3.05) is 0 Å². The first kappa shape index (κ1) is 18.5. The van der Waals surface area contributed by atoms with Gasteiger partial charge in [-0.05, 0) is 61.7 Å². The van der Waals surface area contributed by atoms with E-state index in [0.717, 1.165) is 26.8 Å². The van der Waals surface area contributed by atoms with Gasteiger partial charge in [0.15, 0.2) is 0 Å². The van der Waals surface area contributed by atoms with Crippen LogP contribution in [0.5, 0.6) is 0 Å². The number of aryl methyl sites for hydroxylation is 4. The quantitative estimate of drug-likeness (QED) is 0.698. The molecular formula is C19H21N3O2S2. The Bertz CT molecular complexity index is 967. The highest BCUT2D eigenvalue weighted by molar-refractivity contribution is 7.11. The Balaban J connectivity index is 1.92. The molecule has 3 heterocycles. The Hall–Kier alpha value is -2.25. The van der Waals surface area contributed by atoms with Crippen molar-refractivity contribution in [1.82, 2.24) is 15.3 Å². The number of H-pyrrole nitrogens is 1. The van der Waals surface area contributed by atoms with Gasteiger partial charge in [-0.2, -0.15) is 11.3 Å². The molecule has 3 rings (SSSR count). The lowest BCUT2D eigenvalue weighted by Gasteiger charge is -2.17. The highest BCUT2D eigenvalue weighted by atomic mass is 32.1. The summed E-state index contributed by atoms with van der Waals surface area (Å²) in [6, 6.07) is 3.58. The van der Waals surface area contributed by atoms with Crippen molar-refractivity contribution in [3.05, 3.63) is 71.2 Å². The second-order valence-corrected chi connectivity index (χ2v) is 8.41. The van der Waals surface area contributed by atoms with Crippen molar-refractivity contribution in [3.8, 4) is 0 Å². The number of hydrogen-bond acceptors (Lipinski definition) is 5. The highest BCUT2D eigenvalue weighted by Gasteiger charge is 2.23. The summed E-state index contributed by atoms with van der Waals surface area (Å²) in [5.41, 5.74) is 3.32. The zero-order valence-electron chi connectivity index (χ0n) is 15.2. The maximum Gasteiger partial charge on any atom is 0.261 e. The Kier molecular flexibility index (Phi) is 5.38. The largest absolute Gasteiger partial charge is 0.342 e. The summed E-state index contributed by atoms with van der Waals surface area (Å²) in [5, 5.41) is 7.97. The zero-order valence-corrected chi connectivity index (χ0v) is 16.8. The van der Waals surface area contributed by atoms with Crippen LogP contribution >= 0.6 is 22.7 Å². The fourth-order valence-corrected chi connectivity index (χ4v) is 4.51. The fraction of sp³-hybridized carbons (Fsp3) is 0.316. The van der Waals surface area contributed by atoms with E-state index in [1.807, 2.05) is 31.4 Å². The van der Waals surface area contributed by atoms with Crippen LogP contribution in [0.4, 0.5) is 0 Å². The molecule has 0 saturated carbocycles. The third-order valence-electron chi connectivity index (χ3n) is 4.26. The maximum absolute atomic E-state index is 12.8. The van der Waals surface area contributed by atoms with Gasteiger partial charge in [0, 0.05) is 17.0 Å². The lowest BCUT2D eigenvalue weighted by molar-refractivity contribution is 0.0934. The number of hydrogen-bond donors (Lipinski definition) is 2. The van der Waals surface area contributed by atoms with Gasteiger partial charge in [0.1, 0.15) is 10.6 Å². The summed E-state index contributed by atoms with van der Waals surface area (Å²) in [4.78, 5) is 33.6. The molecule has 3 aromatic rings. The van der Waals surface area contributed by atoms with Crippen LogP contribution in [0.3, 0.4) is 0 Å². The van der Waals surface area contributed by atoms with E-state index in [1.54, 1.807) is 36.5 Å². The van der Waals surface area contributed by atoms with E-state index < -0.39 is 0 Å². The molecule has 0 unspecified atom stereocenters. The number of aromatic nitrogens is 2. The van der Waals surface area contributed by atoms with Crippen LogP contribution < -0.4 is 10.9 Å². The van der Waals surface area contributed by atoms with E-state index >= 15 is 0 Å². The number of nitrogens with one attached hydrogen (secondary N) is 2. The first-order chi connectivity index (χ1) is 12.3. The van der Waals surface area contributed by atoms with Crippen LogP contribution in [0.2, 0.25) is 0 Å². The average molecular weight is 388 g/mol. The van der Waals surface area contributed by atoms with Crippen molar-refractivity contribution in [2.45, 2.75) is 40.2 Å². The van der Waals surface area contributed by atoms with E-state index in [0.29, 0.717) is 12.0 Å². The molecule has 0 aliphatic carbocycles. The molecule has 1 amide bonds. The average Bonchev–Trinajstić information content (AvgIpc) is 3.16. The molecule has 26 heavy (non-hydrogen) atoms. The molecule has 5 nitrogen and oxygen atoms in total. The van der Waals surface area contributed by atoms with Crippen molar-refractivity contribution in [2.24, 2.45) is 0 Å². The van der Waals surface area contributed by atoms with Gasteiger partial charge in [-0.25, -0.2) is 4.98 Å². The molecule has 0 radical (unpaired) electrons. The van der Waals surface area contributed by atoms with Gasteiger partial charge in [0.25, 0.3) is 11.5 Å². The number of amides is 1. The van der Waals surface area contributed by atoms with E-state index in [9.17, 15) is 9.59 Å². The summed E-state index contributed by atoms with van der Waals surface area (Å²) >= 11 is 3.21. The standard InChI is InChI=1S/C19H21N3O2S2/c1-10-7-11(2)20-17(23)16(10)18(24)22-15(8-14-5-6-25-9-14)19-21-12(3)13(4)26-19/h5-7,9,15H,8H2,1-4H3,(H,20,23)(H,22,24)/t15-/m1/s1. The lowest BCUT2D eigenvalue weighted by atomic mass is 10.1. The van der Waals surface area contributed by atoms with E-state index in [4.69, 9.17) is 0 Å². The van der Waals surface area contributed by atoms with Crippen molar-refractivity contribution in [3.63, 3.8) is 0 Å². The molecule has 1 atom stereocenters. The molecule has 0 aliphatic rings. The second-order valence-electron chi connectivity index (χ2n) is 6.39. The van der Waals surface area contributed by atoms with Crippen LogP contribution in [0.25, 0.3) is 0 Å². The summed E-state index contributed by atoms with van der Waals surface area (Å²) < 4.78 is 0. The minimum absolute atomic E-state index is 0.163. The summed E-state index contributed by atoms with van der Waals surface area (Å²) in [6.45, 7) is 7.57. The molecule has 2 N–H and O–H groups in total. The van der Waals surface area contributed by atoms with Gasteiger partial charge in [-0.15, -0.1) is 11.3 Å². The smallest absolute Gasteiger partial charge is 0.261 e. The van der Waals surface area contributed by atoms with Crippen LogP contribution in [0, 0.1) is 27.7 Å². The highest BCUT2D eigenvalue weighted by Crippen LogP contribution is 2.26. The predicted octanol–water partition coefficient (Wildman–Crippen LogP) is 3.84. The summed E-state index contributed by atoms with van der Waals surface area (Å²) in [6.07, 6.45) is 0.643. The maximum atomic E-state index is 12.8. The normalized spacial score (nSPS) is 12.2. The van der Waals surface area contributed by atoms with Crippen molar-refractivity contribution >= 4 is 28.6 Å². The van der Waals surface area contributed by atoms with Crippen LogP contribution in [-0.4, -0.2) is 15.9 Å². The van der Waals surface area contributed by atoms with Gasteiger partial charge in [-0.1, -0.05) is 0 Å². The molecule has 0 aliphatic heterocycles. The molecule has 0 aromatic carbocycles. The molecule has 7 heteroatoms. The third kappa shape index (κ3) is 3.94. The Labute approximate surface area is 160 Å². The van der Waals surface area contributed by atoms with Gasteiger partial charge in [0.2, 0.25) is 0 Å². The fourth-order valence-electron chi connectivity index (χ4n) is 2.86. The molecule has 0 fully saturated rings. The second kappa shape index (κ2) is 7.55. The predicted molar refractivity (Wildman–Crippen MR) is 106 cm³/mol. The van der Waals surface area contributed by atoms with Gasteiger partial charge in [0.05, 0.1) is 11.7 Å². The topological polar surface area (TPSA) is 74.8 Å². The van der Waals surface area contributed by atoms with Gasteiger partial charge < -0.3 is 10.3 Å². The van der Waals surface area contributed by atoms with Crippen molar-refractivity contribution < 1.29 is 4.79 Å². The number of thiazole rings is 1. The number of pyridine rings is 1. The zero-order chi connectivity index (χ0) is 18.8. The Morgan fingerprint density at radius 2 is 2.08 bits per heavy atom. The number of rotatable bonds is 5. The van der Waals surface area contributed by atoms with Crippen LogP contribution in [-0.2, 0) is 6.42 Å². The van der Waals surface area contributed by atoms with E-state index in [-0.39, 0.29) is 23.1 Å². The number of carbonyl (C=O) groups excluding carboxylic acids is 1. The molecule has 3 aromatic heterocycles. The van der Waals surface area contributed by atoms with Crippen LogP contribution in [0.1, 0.15) is 48.8 Å². The SMILES string of the molecule is Cc1cc(C)c(C(=O)N[C@H](Cc2ccsc2)c2nc(C)c(C)s2)c(=O)[nH]1. The first-order valence-electron chi connectivity index (χ1n) is 8.31. The monoisotopic (exact) mass is 387 g/mol. The van der Waals surface area contributed by atoms with Gasteiger partial charge >= 0.3 is 0 Å². The van der Waals surface area contributed by atoms with E-state index in [2.05, 4.69) is 20.7 Å². The molecule has 0 bridgehead atoms. The molecule has 0 saturated heterocycles. The Morgan fingerprint density at radius 3 is 2.65 bits per heavy atom. The minimum Gasteiger partial charge on any atom is -0.342 e. The summed E-state index contributed by atoms with van der Waals surface area (Å²) in [5.74, 6) is -0.366. The molecular weight excluding hydrogens is 366 g/mol. The summed E-state index contributed by atoms with van der Waals surface area (Å²) in [7, 11) is 0. The first-order valence-corrected chi connectivity index (χ1v) is 10.1. The third-order valence-corrected chi connectivity index (χ3v) is 6.18. The minimum atomic E-state index is -0.366. The number of carbonyl (C=O) groups is 1.